The summed E-state index contributed by atoms with van der Waals surface area (Å²) in [6.07, 6.45) is 1.30. The van der Waals surface area contributed by atoms with E-state index in [9.17, 15) is 25.0 Å². The highest BCUT2D eigenvalue weighted by Crippen LogP contribution is 2.30. The van der Waals surface area contributed by atoms with Crippen molar-refractivity contribution >= 4 is 17.3 Å². The molecule has 1 unspecified atom stereocenters. The molecule has 21 heavy (non-hydrogen) atoms. The third-order valence-corrected chi connectivity index (χ3v) is 2.98. The van der Waals surface area contributed by atoms with Gasteiger partial charge in [0.05, 0.1) is 15.9 Å². The fourth-order valence-corrected chi connectivity index (χ4v) is 1.91. The van der Waals surface area contributed by atoms with Crippen LogP contribution in [0.2, 0.25) is 0 Å². The first-order valence-corrected chi connectivity index (χ1v) is 6.23. The molecule has 3 N–H and O–H groups in total. The lowest BCUT2D eigenvalue weighted by atomic mass is 9.99. The van der Waals surface area contributed by atoms with E-state index >= 15 is 0 Å². The van der Waals surface area contributed by atoms with Gasteiger partial charge in [-0.25, -0.2) is 0 Å². The Balaban J connectivity index is 2.83. The molecule has 0 saturated carbocycles. The second-order valence-electron chi connectivity index (χ2n) is 4.50. The molecule has 9 nitrogen and oxygen atoms in total. The summed E-state index contributed by atoms with van der Waals surface area (Å²) in [6, 6.07) is 2.66. The summed E-state index contributed by atoms with van der Waals surface area (Å²) in [6.45, 7) is 0. The normalized spacial score (nSPS) is 11.9. The molecule has 1 aromatic carbocycles. The van der Waals surface area contributed by atoms with Crippen LogP contribution in [0.3, 0.4) is 0 Å². The molecule has 0 saturated heterocycles. The van der Waals surface area contributed by atoms with Gasteiger partial charge in [-0.15, -0.1) is 0 Å². The monoisotopic (exact) mass is 297 g/mol. The maximum atomic E-state index is 11.0. The number of aliphatic carboxylic acids is 1. The second kappa shape index (κ2) is 7.29. The fraction of sp³-hybridized carbons (Fsp3) is 0.417. The molecular weight excluding hydrogens is 282 g/mol. The summed E-state index contributed by atoms with van der Waals surface area (Å²) >= 11 is 0. The first-order chi connectivity index (χ1) is 9.82. The summed E-state index contributed by atoms with van der Waals surface area (Å²) < 4.78 is 0. The molecular formula is C12H15N3O6. The quantitative estimate of drug-likeness (QED) is 0.424. The van der Waals surface area contributed by atoms with Crippen molar-refractivity contribution in [3.63, 3.8) is 0 Å². The highest BCUT2D eigenvalue weighted by molar-refractivity contribution is 5.66. The van der Waals surface area contributed by atoms with Gasteiger partial charge in [0, 0.05) is 24.1 Å². The Kier molecular flexibility index (Phi) is 5.73. The van der Waals surface area contributed by atoms with Crippen LogP contribution in [-0.2, 0) is 4.79 Å². The smallest absolute Gasteiger partial charge is 0.303 e. The number of nitrogens with two attached hydrogens (primary N) is 1. The van der Waals surface area contributed by atoms with Gasteiger partial charge in [-0.2, -0.15) is 0 Å². The molecule has 0 aliphatic rings. The number of hydrogen-bond donors (Lipinski definition) is 2. The lowest BCUT2D eigenvalue weighted by Crippen LogP contribution is -2.13. The highest BCUT2D eigenvalue weighted by Gasteiger charge is 2.23. The molecule has 1 atom stereocenters. The molecule has 9 heteroatoms. The molecule has 0 radical (unpaired) electrons. The van der Waals surface area contributed by atoms with Gasteiger partial charge in [-0.3, -0.25) is 25.0 Å². The van der Waals surface area contributed by atoms with E-state index < -0.39 is 27.5 Å². The van der Waals surface area contributed by atoms with Crippen molar-refractivity contribution in [2.75, 3.05) is 0 Å². The van der Waals surface area contributed by atoms with Crippen LogP contribution in [0.1, 0.15) is 37.3 Å². The molecule has 0 aliphatic carbocycles. The predicted octanol–water partition coefficient (Wildman–Crippen LogP) is 2.15. The Morgan fingerprint density at radius 1 is 1.24 bits per heavy atom. The van der Waals surface area contributed by atoms with Crippen LogP contribution in [0.4, 0.5) is 11.4 Å². The van der Waals surface area contributed by atoms with Crippen molar-refractivity contribution in [1.82, 2.24) is 0 Å². The number of benzene rings is 1. The lowest BCUT2D eigenvalue weighted by Gasteiger charge is -2.11. The van der Waals surface area contributed by atoms with E-state index in [1.807, 2.05) is 0 Å². The third kappa shape index (κ3) is 4.80. The molecule has 0 fully saturated rings. The standard InChI is InChI=1S/C12H15N3O6/c13-10(3-1-2-4-12(16)17)9-6-5-8(14(18)19)7-11(9)15(20)21/h5-7,10H,1-4,13H2,(H,16,17). The van der Waals surface area contributed by atoms with Crippen LogP contribution < -0.4 is 5.73 Å². The van der Waals surface area contributed by atoms with Gasteiger partial charge in [-0.1, -0.05) is 6.42 Å². The average molecular weight is 297 g/mol. The summed E-state index contributed by atoms with van der Waals surface area (Å²) in [7, 11) is 0. The topological polar surface area (TPSA) is 150 Å². The van der Waals surface area contributed by atoms with Gasteiger partial charge in [0.25, 0.3) is 11.4 Å². The number of carbonyl (C=O) groups is 1. The zero-order valence-corrected chi connectivity index (χ0v) is 11.1. The predicted molar refractivity (Wildman–Crippen MR) is 72.8 cm³/mol. The number of carboxylic acid groups (broad SMARTS) is 1. The van der Waals surface area contributed by atoms with Crippen LogP contribution in [0.15, 0.2) is 18.2 Å². The summed E-state index contributed by atoms with van der Waals surface area (Å²) in [5.74, 6) is -0.912. The van der Waals surface area contributed by atoms with Crippen molar-refractivity contribution in [3.8, 4) is 0 Å². The average Bonchev–Trinajstić information content (AvgIpc) is 2.42. The molecule has 0 aliphatic heterocycles. The highest BCUT2D eigenvalue weighted by atomic mass is 16.6. The largest absolute Gasteiger partial charge is 0.481 e. The van der Waals surface area contributed by atoms with E-state index in [-0.39, 0.29) is 17.7 Å². The molecule has 114 valence electrons. The summed E-state index contributed by atoms with van der Waals surface area (Å²) in [5.41, 5.74) is 5.30. The first-order valence-electron chi connectivity index (χ1n) is 6.23. The molecule has 0 aromatic heterocycles. The zero-order chi connectivity index (χ0) is 16.0. The van der Waals surface area contributed by atoms with Crippen LogP contribution >= 0.6 is 0 Å². The number of non-ortho nitro benzene ring substituents is 1. The van der Waals surface area contributed by atoms with Crippen LogP contribution in [-0.4, -0.2) is 20.9 Å². The minimum atomic E-state index is -0.912. The molecule has 0 amide bonds. The van der Waals surface area contributed by atoms with E-state index in [0.29, 0.717) is 19.3 Å². The minimum Gasteiger partial charge on any atom is -0.481 e. The number of rotatable bonds is 8. The van der Waals surface area contributed by atoms with Crippen molar-refractivity contribution in [2.24, 2.45) is 5.73 Å². The van der Waals surface area contributed by atoms with Gasteiger partial charge in [0.2, 0.25) is 0 Å². The van der Waals surface area contributed by atoms with Crippen molar-refractivity contribution in [3.05, 3.63) is 44.0 Å². The number of nitro groups is 2. The number of hydrogen-bond acceptors (Lipinski definition) is 6. The number of unbranched alkanes of at least 4 members (excludes halogenated alkanes) is 1. The van der Waals surface area contributed by atoms with Crippen molar-refractivity contribution in [1.29, 1.82) is 0 Å². The molecule has 1 rings (SSSR count). The zero-order valence-electron chi connectivity index (χ0n) is 11.1. The molecule has 0 bridgehead atoms. The van der Waals surface area contributed by atoms with Crippen LogP contribution in [0.5, 0.6) is 0 Å². The maximum Gasteiger partial charge on any atom is 0.303 e. The van der Waals surface area contributed by atoms with Crippen LogP contribution in [0, 0.1) is 20.2 Å². The Bertz CT molecular complexity index is 560. The Morgan fingerprint density at radius 3 is 2.43 bits per heavy atom. The Morgan fingerprint density at radius 2 is 1.90 bits per heavy atom. The van der Waals surface area contributed by atoms with Gasteiger partial charge < -0.3 is 10.8 Å². The maximum absolute atomic E-state index is 11.0. The minimum absolute atomic E-state index is 0.00900. The van der Waals surface area contributed by atoms with Gasteiger partial charge in [-0.05, 0) is 18.9 Å². The van der Waals surface area contributed by atoms with Gasteiger partial charge in [0.15, 0.2) is 0 Å². The molecule has 0 spiro atoms. The fourth-order valence-electron chi connectivity index (χ4n) is 1.91. The van der Waals surface area contributed by atoms with E-state index in [2.05, 4.69) is 0 Å². The third-order valence-electron chi connectivity index (χ3n) is 2.98. The van der Waals surface area contributed by atoms with E-state index in [4.69, 9.17) is 10.8 Å². The number of carboxylic acids is 1. The van der Waals surface area contributed by atoms with E-state index in [1.54, 1.807) is 0 Å². The van der Waals surface area contributed by atoms with Gasteiger partial charge >= 0.3 is 5.97 Å². The molecule has 0 heterocycles. The van der Waals surface area contributed by atoms with Gasteiger partial charge in [0.1, 0.15) is 0 Å². The van der Waals surface area contributed by atoms with Crippen molar-refractivity contribution in [2.45, 2.75) is 31.7 Å². The van der Waals surface area contributed by atoms with Crippen molar-refractivity contribution < 1.29 is 19.7 Å². The van der Waals surface area contributed by atoms with Crippen LogP contribution in [0.25, 0.3) is 0 Å². The molecule has 1 aromatic rings. The first kappa shape index (κ1) is 16.5. The number of nitro benzene ring substituents is 2. The Labute approximate surface area is 119 Å². The van der Waals surface area contributed by atoms with E-state index in [1.165, 1.54) is 12.1 Å². The SMILES string of the molecule is NC(CCCCC(=O)O)c1ccc([N+](=O)[O-])cc1[N+](=O)[O-]. The number of nitrogens with zero attached hydrogens (tertiary/aromatic N) is 2. The second-order valence-corrected chi connectivity index (χ2v) is 4.50. The summed E-state index contributed by atoms with van der Waals surface area (Å²) in [4.78, 5) is 30.6. The Hall–Kier alpha value is -2.55. The lowest BCUT2D eigenvalue weighted by molar-refractivity contribution is -0.394. The summed E-state index contributed by atoms with van der Waals surface area (Å²) in [5, 5.41) is 30.1. The van der Waals surface area contributed by atoms with E-state index in [0.717, 1.165) is 6.07 Å².